The standard InChI is InChI=1S/C12H4Cl2F6N4OS.C10H7N3S.C8H15N5S/c13-5-1-4(11(15,16)17)2-6(14)8(5)24-10(22)9(7(3-21)23-24)26(25)12(18,19)20;1-2-4-8-7(3-1)12-10(13-8)9-5-14-6-11-9;1-4-9-6-11-7(10-5-2)13-8(12-6)14-3/h1-2H,22H2;1-6H,(H,12,13);4-5H2,1-3H3,(H2,9,10,11,12,13). The zero-order valence-electron chi connectivity index (χ0n) is 27.8. The maximum atomic E-state index is 12.7. The molecule has 0 radical (unpaired) electrons. The SMILES string of the molecule is CCNc1nc(NCC)nc(SC)n1.N#Cc1nn(-c2c(Cl)cc(C(F)(F)F)cc2Cl)c(N)c1[S+]([O-])C(F)(F)F.c1ccc2[nH]c(-c3cscn3)nc2c1. The Balaban J connectivity index is 0.000000195. The van der Waals surface area contributed by atoms with E-state index in [1.54, 1.807) is 11.3 Å². The van der Waals surface area contributed by atoms with Gasteiger partial charge < -0.3 is 25.9 Å². The van der Waals surface area contributed by atoms with E-state index in [0.717, 1.165) is 40.8 Å². The van der Waals surface area contributed by atoms with Crippen molar-refractivity contribution in [1.29, 1.82) is 5.26 Å². The fourth-order valence-corrected chi connectivity index (χ4v) is 6.53. The van der Waals surface area contributed by atoms with Crippen molar-refractivity contribution in [3.8, 4) is 23.3 Å². The van der Waals surface area contributed by atoms with Crippen molar-refractivity contribution in [3.05, 3.63) is 68.6 Å². The molecule has 0 aliphatic carbocycles. The molecule has 0 spiro atoms. The summed E-state index contributed by atoms with van der Waals surface area (Å²) < 4.78 is 88.4. The van der Waals surface area contributed by atoms with Crippen molar-refractivity contribution < 1.29 is 30.9 Å². The third kappa shape index (κ3) is 10.4. The van der Waals surface area contributed by atoms with E-state index < -0.39 is 60.6 Å². The molecule has 286 valence electrons. The van der Waals surface area contributed by atoms with Gasteiger partial charge in [0.1, 0.15) is 28.6 Å². The van der Waals surface area contributed by atoms with Gasteiger partial charge in [-0.1, -0.05) is 47.1 Å². The van der Waals surface area contributed by atoms with Gasteiger partial charge in [0.05, 0.1) is 32.2 Å². The Kier molecular flexibility index (Phi) is 14.2. The lowest BCUT2D eigenvalue weighted by atomic mass is 10.2. The molecule has 6 rings (SSSR count). The topological polar surface area (TPSA) is 195 Å². The van der Waals surface area contributed by atoms with Gasteiger partial charge in [0.25, 0.3) is 0 Å². The molecular formula is C30H26Cl2F6N12OS3. The summed E-state index contributed by atoms with van der Waals surface area (Å²) in [4.78, 5) is 23.4. The third-order valence-corrected chi connectivity index (χ3v) is 9.37. The van der Waals surface area contributed by atoms with Crippen LogP contribution in [0.4, 0.5) is 44.1 Å². The monoisotopic (exact) mass is 850 g/mol. The van der Waals surface area contributed by atoms with Crippen molar-refractivity contribution in [2.24, 2.45) is 0 Å². The number of nitriles is 1. The number of hydrogen-bond donors (Lipinski definition) is 4. The number of thiazole rings is 1. The van der Waals surface area contributed by atoms with Crippen LogP contribution in [-0.4, -0.2) is 69.1 Å². The van der Waals surface area contributed by atoms with E-state index in [2.05, 4.69) is 45.6 Å². The van der Waals surface area contributed by atoms with Crippen LogP contribution in [0.1, 0.15) is 25.1 Å². The Morgan fingerprint density at radius 3 is 2.11 bits per heavy atom. The Hall–Kier alpha value is -4.53. The van der Waals surface area contributed by atoms with Crippen LogP contribution in [0, 0.1) is 11.3 Å². The summed E-state index contributed by atoms with van der Waals surface area (Å²) in [6.45, 7) is 5.64. The van der Waals surface area contributed by atoms with Gasteiger partial charge in [-0.05, 0) is 44.4 Å². The predicted octanol–water partition coefficient (Wildman–Crippen LogP) is 8.42. The van der Waals surface area contributed by atoms with E-state index in [1.165, 1.54) is 17.8 Å². The van der Waals surface area contributed by atoms with Crippen LogP contribution in [0.3, 0.4) is 0 Å². The fourth-order valence-electron chi connectivity index (χ4n) is 4.22. The molecule has 0 saturated heterocycles. The minimum absolute atomic E-state index is 0.433. The summed E-state index contributed by atoms with van der Waals surface area (Å²) in [7, 11) is 0. The first-order chi connectivity index (χ1) is 25.5. The van der Waals surface area contributed by atoms with Crippen molar-refractivity contribution in [1.82, 2.24) is 39.7 Å². The van der Waals surface area contributed by atoms with Gasteiger partial charge in [0, 0.05) is 18.5 Å². The van der Waals surface area contributed by atoms with Crippen LogP contribution >= 0.6 is 46.3 Å². The van der Waals surface area contributed by atoms with E-state index >= 15 is 0 Å². The Bertz CT molecular complexity index is 2150. The number of fused-ring (bicyclic) bond motifs is 1. The molecule has 0 aliphatic heterocycles. The summed E-state index contributed by atoms with van der Waals surface area (Å²) in [5, 5.41) is 19.9. The number of H-pyrrole nitrogens is 1. The number of aromatic amines is 1. The van der Waals surface area contributed by atoms with Crippen molar-refractivity contribution in [2.75, 3.05) is 35.7 Å². The molecule has 4 aromatic heterocycles. The molecule has 2 aromatic carbocycles. The van der Waals surface area contributed by atoms with Crippen molar-refractivity contribution >= 4 is 86.2 Å². The average molecular weight is 852 g/mol. The number of rotatable bonds is 8. The molecule has 0 fully saturated rings. The summed E-state index contributed by atoms with van der Waals surface area (Å²) in [5.41, 5.74) is 2.33. The lowest BCUT2D eigenvalue weighted by Gasteiger charge is -2.14. The quantitative estimate of drug-likeness (QED) is 0.0650. The first-order valence-electron chi connectivity index (χ1n) is 15.0. The summed E-state index contributed by atoms with van der Waals surface area (Å²) in [6.07, 6.45) is -2.84. The molecule has 1 unspecified atom stereocenters. The molecule has 0 saturated carbocycles. The number of hydrogen-bond acceptors (Lipinski definition) is 13. The average Bonchev–Trinajstić information content (AvgIpc) is 3.87. The largest absolute Gasteiger partial charge is 0.604 e. The number of benzene rings is 2. The number of nitrogen functional groups attached to an aromatic ring is 1. The first kappa shape index (κ1) is 42.2. The highest BCUT2D eigenvalue weighted by Gasteiger charge is 2.50. The smallest absolute Gasteiger partial charge is 0.578 e. The summed E-state index contributed by atoms with van der Waals surface area (Å²) >= 11 is 10.9. The molecule has 24 heteroatoms. The van der Waals surface area contributed by atoms with Gasteiger partial charge in [-0.15, -0.1) is 29.6 Å². The second kappa shape index (κ2) is 18.2. The minimum atomic E-state index is -5.25. The number of nitrogens with two attached hydrogens (primary N) is 1. The Morgan fingerprint density at radius 2 is 1.63 bits per heavy atom. The molecule has 5 N–H and O–H groups in total. The van der Waals surface area contributed by atoms with Gasteiger partial charge in [-0.2, -0.15) is 33.4 Å². The lowest BCUT2D eigenvalue weighted by Crippen LogP contribution is -2.24. The van der Waals surface area contributed by atoms with Crippen LogP contribution < -0.4 is 16.4 Å². The molecule has 0 amide bonds. The van der Waals surface area contributed by atoms with Crippen LogP contribution in [0.15, 0.2) is 57.3 Å². The van der Waals surface area contributed by atoms with Gasteiger partial charge in [-0.3, -0.25) is 0 Å². The maximum Gasteiger partial charge on any atom is 0.578 e. The summed E-state index contributed by atoms with van der Waals surface area (Å²) in [6, 6.07) is 10.2. The second-order valence-corrected chi connectivity index (χ2v) is 13.8. The number of alkyl halides is 6. The summed E-state index contributed by atoms with van der Waals surface area (Å²) in [5.74, 6) is 1.19. The highest BCUT2D eigenvalue weighted by atomic mass is 35.5. The lowest BCUT2D eigenvalue weighted by molar-refractivity contribution is -0.137. The van der Waals surface area contributed by atoms with E-state index in [1.807, 2.05) is 55.3 Å². The number of nitrogens with zero attached hydrogens (tertiary/aromatic N) is 8. The van der Waals surface area contributed by atoms with E-state index in [0.29, 0.717) is 28.7 Å². The number of nitrogens with one attached hydrogen (secondary N) is 3. The maximum absolute atomic E-state index is 12.7. The van der Waals surface area contributed by atoms with Gasteiger partial charge >= 0.3 is 11.7 Å². The van der Waals surface area contributed by atoms with Crippen LogP contribution in [0.5, 0.6) is 0 Å². The highest BCUT2D eigenvalue weighted by molar-refractivity contribution is 7.98. The highest BCUT2D eigenvalue weighted by Crippen LogP contribution is 2.41. The zero-order chi connectivity index (χ0) is 39.8. The zero-order valence-corrected chi connectivity index (χ0v) is 31.8. The fraction of sp³-hybridized carbons (Fsp3) is 0.233. The van der Waals surface area contributed by atoms with Crippen molar-refractivity contribution in [2.45, 2.75) is 35.6 Å². The van der Waals surface area contributed by atoms with E-state index in [4.69, 9.17) is 34.2 Å². The number of halogens is 8. The second-order valence-electron chi connectivity index (χ2n) is 10.1. The molecule has 13 nitrogen and oxygen atoms in total. The van der Waals surface area contributed by atoms with Crippen molar-refractivity contribution in [3.63, 3.8) is 0 Å². The molecule has 54 heavy (non-hydrogen) atoms. The molecule has 6 aromatic rings. The predicted molar refractivity (Wildman–Crippen MR) is 197 cm³/mol. The molecule has 4 heterocycles. The molecule has 0 bridgehead atoms. The van der Waals surface area contributed by atoms with E-state index in [-0.39, 0.29) is 0 Å². The number of imidazole rings is 1. The number of para-hydroxylation sites is 2. The van der Waals surface area contributed by atoms with Gasteiger partial charge in [0.15, 0.2) is 16.8 Å². The normalized spacial score (nSPS) is 11.9. The number of aromatic nitrogens is 8. The number of thioether (sulfide) groups is 1. The molecule has 0 aliphatic rings. The Morgan fingerprint density at radius 1 is 1.02 bits per heavy atom. The Labute approximate surface area is 323 Å². The van der Waals surface area contributed by atoms with Crippen LogP contribution in [-0.2, 0) is 17.4 Å². The first-order valence-corrected chi connectivity index (χ1v) is 19.0. The molecular weight excluding hydrogens is 826 g/mol. The van der Waals surface area contributed by atoms with Crippen LogP contribution in [0.25, 0.3) is 28.2 Å². The third-order valence-electron chi connectivity index (χ3n) is 6.47. The van der Waals surface area contributed by atoms with Gasteiger partial charge in [0.2, 0.25) is 22.5 Å². The number of anilines is 3. The molecule has 1 atom stereocenters. The minimum Gasteiger partial charge on any atom is -0.604 e. The van der Waals surface area contributed by atoms with Gasteiger partial charge in [-0.25, -0.2) is 14.6 Å². The van der Waals surface area contributed by atoms with Crippen LogP contribution in [0.2, 0.25) is 10.0 Å². The van der Waals surface area contributed by atoms with E-state index in [9.17, 15) is 30.9 Å².